The Hall–Kier alpha value is -2.05. The average molecular weight is 361 g/mol. The molecule has 0 spiro atoms. The zero-order chi connectivity index (χ0) is 17.2. The van der Waals surface area contributed by atoms with Gasteiger partial charge >= 0.3 is 6.03 Å². The van der Waals surface area contributed by atoms with Crippen LogP contribution in [-0.2, 0) is 6.54 Å². The van der Waals surface area contributed by atoms with E-state index < -0.39 is 0 Å². The van der Waals surface area contributed by atoms with Crippen molar-refractivity contribution in [2.75, 3.05) is 19.6 Å². The number of hydrogen-bond donors (Lipinski definition) is 2. The summed E-state index contributed by atoms with van der Waals surface area (Å²) >= 11 is 6.18. The standard InChI is InChI=1S/C18H21ClN4O2/c19-16-4-2-1-3-15(16)17-7-14(25-22-17)9-21-18(24)23-10-12-5-6-13(11-23)20-8-12/h1-4,7,12-13,20H,5-6,8-11H2,(H,21,24)/t12-,13-/m0/s1. The van der Waals surface area contributed by atoms with Crippen molar-refractivity contribution < 1.29 is 9.32 Å². The number of rotatable bonds is 3. The molecule has 0 unspecified atom stereocenters. The van der Waals surface area contributed by atoms with E-state index in [1.54, 1.807) is 0 Å². The second-order valence-electron chi connectivity index (χ2n) is 6.77. The zero-order valence-corrected chi connectivity index (χ0v) is 14.6. The number of urea groups is 1. The van der Waals surface area contributed by atoms with Gasteiger partial charge in [0.2, 0.25) is 0 Å². The molecule has 5 rings (SSSR count). The Bertz CT molecular complexity index is 741. The number of hydrogen-bond acceptors (Lipinski definition) is 4. The van der Waals surface area contributed by atoms with Crippen molar-refractivity contribution in [2.45, 2.75) is 25.4 Å². The Labute approximate surface area is 151 Å². The number of nitrogens with one attached hydrogen (secondary N) is 2. The van der Waals surface area contributed by atoms with Crippen LogP contribution in [0.1, 0.15) is 18.6 Å². The van der Waals surface area contributed by atoms with E-state index in [4.69, 9.17) is 16.1 Å². The van der Waals surface area contributed by atoms with Crippen LogP contribution < -0.4 is 10.6 Å². The fourth-order valence-electron chi connectivity index (χ4n) is 3.57. The molecule has 1 aromatic heterocycles. The number of aromatic nitrogens is 1. The molecule has 3 fully saturated rings. The maximum absolute atomic E-state index is 12.5. The molecule has 132 valence electrons. The molecular formula is C18H21ClN4O2. The summed E-state index contributed by atoms with van der Waals surface area (Å²) in [6, 6.07) is 9.67. The SMILES string of the molecule is O=C(NCc1cc(-c2ccccc2Cl)no1)N1C[C@H]2CC[C@@H](C1)NC2. The summed E-state index contributed by atoms with van der Waals surface area (Å²) in [7, 11) is 0. The van der Waals surface area contributed by atoms with Gasteiger partial charge in [0.1, 0.15) is 5.69 Å². The summed E-state index contributed by atoms with van der Waals surface area (Å²) in [6.45, 7) is 2.91. The van der Waals surface area contributed by atoms with E-state index in [1.165, 1.54) is 6.42 Å². The van der Waals surface area contributed by atoms with Crippen LogP contribution >= 0.6 is 11.6 Å². The fraction of sp³-hybridized carbons (Fsp3) is 0.444. The summed E-state index contributed by atoms with van der Waals surface area (Å²) in [5, 5.41) is 11.1. The quantitative estimate of drug-likeness (QED) is 0.883. The van der Waals surface area contributed by atoms with Gasteiger partial charge in [-0.1, -0.05) is 35.0 Å². The molecule has 0 saturated carbocycles. The van der Waals surface area contributed by atoms with E-state index in [-0.39, 0.29) is 6.03 Å². The summed E-state index contributed by atoms with van der Waals surface area (Å²) in [4.78, 5) is 14.4. The molecular weight excluding hydrogens is 340 g/mol. The number of piperidine rings is 1. The van der Waals surface area contributed by atoms with Gasteiger partial charge in [-0.2, -0.15) is 0 Å². The minimum absolute atomic E-state index is 0.0451. The molecule has 25 heavy (non-hydrogen) atoms. The van der Waals surface area contributed by atoms with Crippen molar-refractivity contribution >= 4 is 17.6 Å². The number of amides is 2. The molecule has 3 aliphatic heterocycles. The van der Waals surface area contributed by atoms with Crippen LogP contribution in [0.2, 0.25) is 5.02 Å². The highest BCUT2D eigenvalue weighted by Crippen LogP contribution is 2.27. The van der Waals surface area contributed by atoms with E-state index in [0.29, 0.717) is 35.0 Å². The Balaban J connectivity index is 1.37. The van der Waals surface area contributed by atoms with Crippen molar-refractivity contribution in [1.29, 1.82) is 0 Å². The molecule has 2 N–H and O–H groups in total. The zero-order valence-electron chi connectivity index (χ0n) is 13.9. The molecule has 2 amide bonds. The largest absolute Gasteiger partial charge is 0.359 e. The first kappa shape index (κ1) is 16.4. The third kappa shape index (κ3) is 3.65. The van der Waals surface area contributed by atoms with Crippen LogP contribution in [0.4, 0.5) is 4.79 Å². The number of fused-ring (bicyclic) bond motifs is 4. The Morgan fingerprint density at radius 3 is 3.04 bits per heavy atom. The Kier molecular flexibility index (Phi) is 4.63. The van der Waals surface area contributed by atoms with Gasteiger partial charge in [0.25, 0.3) is 0 Å². The first-order valence-corrected chi connectivity index (χ1v) is 9.03. The molecule has 6 nitrogen and oxygen atoms in total. The molecule has 2 bridgehead atoms. The topological polar surface area (TPSA) is 70.4 Å². The molecule has 0 aliphatic carbocycles. The van der Waals surface area contributed by atoms with Gasteiger partial charge in [0.15, 0.2) is 5.76 Å². The molecule has 3 aliphatic rings. The molecule has 2 aromatic rings. The van der Waals surface area contributed by atoms with Gasteiger partial charge in [0.05, 0.1) is 11.6 Å². The van der Waals surface area contributed by atoms with Gasteiger partial charge < -0.3 is 20.1 Å². The summed E-state index contributed by atoms with van der Waals surface area (Å²) < 4.78 is 5.34. The minimum Gasteiger partial charge on any atom is -0.359 e. The number of nitrogens with zero attached hydrogens (tertiary/aromatic N) is 2. The van der Waals surface area contributed by atoms with Crippen molar-refractivity contribution in [3.05, 3.63) is 41.1 Å². The highest BCUT2D eigenvalue weighted by molar-refractivity contribution is 6.33. The van der Waals surface area contributed by atoms with Crippen LogP contribution in [0, 0.1) is 5.92 Å². The van der Waals surface area contributed by atoms with Gasteiger partial charge in [-0.25, -0.2) is 4.79 Å². The van der Waals surface area contributed by atoms with Gasteiger partial charge in [-0.3, -0.25) is 0 Å². The lowest BCUT2D eigenvalue weighted by Crippen LogP contribution is -2.44. The maximum atomic E-state index is 12.5. The first-order chi connectivity index (χ1) is 12.2. The molecule has 0 radical (unpaired) electrons. The summed E-state index contributed by atoms with van der Waals surface area (Å²) in [5.41, 5.74) is 1.49. The van der Waals surface area contributed by atoms with Gasteiger partial charge in [-0.15, -0.1) is 0 Å². The Morgan fingerprint density at radius 1 is 1.36 bits per heavy atom. The van der Waals surface area contributed by atoms with Crippen LogP contribution in [0.25, 0.3) is 11.3 Å². The van der Waals surface area contributed by atoms with Crippen molar-refractivity contribution in [3.8, 4) is 11.3 Å². The maximum Gasteiger partial charge on any atom is 0.317 e. The van der Waals surface area contributed by atoms with E-state index in [9.17, 15) is 4.79 Å². The van der Waals surface area contributed by atoms with E-state index in [0.717, 1.165) is 31.6 Å². The second kappa shape index (κ2) is 7.06. The lowest BCUT2D eigenvalue weighted by Gasteiger charge is -2.23. The molecule has 2 atom stereocenters. The number of halogens is 1. The second-order valence-corrected chi connectivity index (χ2v) is 7.18. The van der Waals surface area contributed by atoms with Crippen LogP contribution in [0.5, 0.6) is 0 Å². The van der Waals surface area contributed by atoms with E-state index in [2.05, 4.69) is 15.8 Å². The van der Waals surface area contributed by atoms with Crippen molar-refractivity contribution in [2.24, 2.45) is 5.92 Å². The average Bonchev–Trinajstić information content (AvgIpc) is 2.88. The summed E-state index contributed by atoms with van der Waals surface area (Å²) in [5.74, 6) is 1.17. The normalized spacial score (nSPS) is 22.7. The Morgan fingerprint density at radius 2 is 2.24 bits per heavy atom. The lowest BCUT2D eigenvalue weighted by molar-refractivity contribution is 0.193. The number of benzene rings is 1. The van der Waals surface area contributed by atoms with Crippen LogP contribution in [0.15, 0.2) is 34.9 Å². The molecule has 4 heterocycles. The van der Waals surface area contributed by atoms with Crippen molar-refractivity contribution in [1.82, 2.24) is 20.7 Å². The lowest BCUT2D eigenvalue weighted by atomic mass is 9.97. The minimum atomic E-state index is -0.0451. The molecule has 3 saturated heterocycles. The fourth-order valence-corrected chi connectivity index (χ4v) is 3.80. The number of carbonyl (C=O) groups is 1. The predicted octanol–water partition coefficient (Wildman–Crippen LogP) is 2.89. The first-order valence-electron chi connectivity index (χ1n) is 8.65. The molecule has 7 heteroatoms. The van der Waals surface area contributed by atoms with Crippen LogP contribution in [0.3, 0.4) is 0 Å². The third-order valence-corrected chi connectivity index (χ3v) is 5.28. The third-order valence-electron chi connectivity index (χ3n) is 4.95. The monoisotopic (exact) mass is 360 g/mol. The highest BCUT2D eigenvalue weighted by Gasteiger charge is 2.31. The van der Waals surface area contributed by atoms with Crippen molar-refractivity contribution in [3.63, 3.8) is 0 Å². The number of carbonyl (C=O) groups excluding carboxylic acids is 1. The van der Waals surface area contributed by atoms with Crippen LogP contribution in [-0.4, -0.2) is 41.8 Å². The summed E-state index contributed by atoms with van der Waals surface area (Å²) in [6.07, 6.45) is 2.35. The predicted molar refractivity (Wildman–Crippen MR) is 95.3 cm³/mol. The van der Waals surface area contributed by atoms with Gasteiger partial charge in [0, 0.05) is 30.8 Å². The van der Waals surface area contributed by atoms with E-state index >= 15 is 0 Å². The van der Waals surface area contributed by atoms with Gasteiger partial charge in [-0.05, 0) is 31.4 Å². The van der Waals surface area contributed by atoms with E-state index in [1.807, 2.05) is 35.2 Å². The highest BCUT2D eigenvalue weighted by atomic mass is 35.5. The molecule has 1 aromatic carbocycles. The smallest absolute Gasteiger partial charge is 0.317 e.